The number of rotatable bonds is 6. The van der Waals surface area contributed by atoms with E-state index in [-0.39, 0.29) is 5.12 Å². The molecule has 3 aromatic carbocycles. The zero-order chi connectivity index (χ0) is 20.8. The Balaban J connectivity index is 1.75. The molecule has 0 amide bonds. The molecule has 0 saturated carbocycles. The molecular formula is C25H25NO2S2. The summed E-state index contributed by atoms with van der Waals surface area (Å²) in [5.41, 5.74) is 3.25. The lowest BCUT2D eigenvalue weighted by molar-refractivity contribution is -0.112. The smallest absolute Gasteiger partial charge is 0.204 e. The molecule has 154 valence electrons. The van der Waals surface area contributed by atoms with Crippen molar-refractivity contribution in [1.82, 2.24) is 4.90 Å². The normalized spacial score (nSPS) is 15.7. The molecule has 0 bridgehead atoms. The van der Waals surface area contributed by atoms with Gasteiger partial charge < -0.3 is 0 Å². The summed E-state index contributed by atoms with van der Waals surface area (Å²) in [5.74, 6) is 1.30. The minimum Gasteiger partial charge on any atom is -0.294 e. The van der Waals surface area contributed by atoms with Crippen molar-refractivity contribution in [2.75, 3.05) is 31.1 Å². The molecule has 1 aliphatic rings. The van der Waals surface area contributed by atoms with Gasteiger partial charge in [0.1, 0.15) is 0 Å². The Labute approximate surface area is 185 Å². The third-order valence-electron chi connectivity index (χ3n) is 5.43. The summed E-state index contributed by atoms with van der Waals surface area (Å²) in [5, 5.41) is 0.124. The maximum atomic E-state index is 13.4. The lowest BCUT2D eigenvalue weighted by atomic mass is 9.84. The number of hydrogen-bond acceptors (Lipinski definition) is 4. The molecule has 4 rings (SSSR count). The number of nitrogens with zero attached hydrogens (tertiary/aromatic N) is 1. The fraction of sp³-hybridized carbons (Fsp3) is 0.240. The van der Waals surface area contributed by atoms with Crippen molar-refractivity contribution in [3.8, 4) is 0 Å². The van der Waals surface area contributed by atoms with Gasteiger partial charge in [0.2, 0.25) is 5.12 Å². The van der Waals surface area contributed by atoms with Crippen LogP contribution in [-0.2, 0) is 20.3 Å². The first-order valence-corrected chi connectivity index (χ1v) is 12.4. The van der Waals surface area contributed by atoms with Gasteiger partial charge in [0.25, 0.3) is 0 Å². The average molecular weight is 436 g/mol. The highest BCUT2D eigenvalue weighted by molar-refractivity contribution is 8.14. The Morgan fingerprint density at radius 2 is 1.17 bits per heavy atom. The second kappa shape index (κ2) is 9.73. The summed E-state index contributed by atoms with van der Waals surface area (Å²) >= 11 is 1.39. The first-order chi connectivity index (χ1) is 14.7. The number of benzene rings is 3. The van der Waals surface area contributed by atoms with Gasteiger partial charge in [-0.15, -0.1) is 0 Å². The van der Waals surface area contributed by atoms with Gasteiger partial charge in [-0.2, -0.15) is 0 Å². The third kappa shape index (κ3) is 4.59. The second-order valence-corrected chi connectivity index (χ2v) is 10.3. The quantitative estimate of drug-likeness (QED) is 0.541. The van der Waals surface area contributed by atoms with Crippen LogP contribution in [0.15, 0.2) is 91.0 Å². The van der Waals surface area contributed by atoms with Crippen LogP contribution in [0.4, 0.5) is 0 Å². The number of carbonyl (C=O) groups is 1. The van der Waals surface area contributed by atoms with Gasteiger partial charge in [-0.1, -0.05) is 103 Å². The fourth-order valence-corrected chi connectivity index (χ4v) is 6.39. The largest absolute Gasteiger partial charge is 0.294 e. The number of carbonyl (C=O) groups excluding carboxylic acids is 1. The summed E-state index contributed by atoms with van der Waals surface area (Å²) in [6.45, 7) is 1.80. The Kier molecular flexibility index (Phi) is 6.82. The van der Waals surface area contributed by atoms with Crippen molar-refractivity contribution in [2.24, 2.45) is 0 Å². The predicted molar refractivity (Wildman–Crippen MR) is 126 cm³/mol. The van der Waals surface area contributed by atoms with Crippen molar-refractivity contribution in [3.05, 3.63) is 108 Å². The molecule has 1 fully saturated rings. The summed E-state index contributed by atoms with van der Waals surface area (Å²) in [7, 11) is -0.744. The summed E-state index contributed by atoms with van der Waals surface area (Å²) in [6.07, 6.45) is 0. The van der Waals surface area contributed by atoms with Crippen molar-refractivity contribution in [1.29, 1.82) is 0 Å². The first kappa shape index (κ1) is 21.0. The molecule has 3 aromatic rings. The Morgan fingerprint density at radius 3 is 1.57 bits per heavy atom. The average Bonchev–Trinajstić information content (AvgIpc) is 2.81. The van der Waals surface area contributed by atoms with E-state index in [2.05, 4.69) is 41.3 Å². The SMILES string of the molecule is O=C(CN1CCS(=O)CC1)SC(c1ccccc1)(c1ccccc1)c1ccccc1. The number of thioether (sulfide) groups is 1. The summed E-state index contributed by atoms with van der Waals surface area (Å²) in [4.78, 5) is 15.5. The number of hydrogen-bond donors (Lipinski definition) is 0. The molecule has 0 aromatic heterocycles. The molecular weight excluding hydrogens is 410 g/mol. The molecule has 1 heterocycles. The van der Waals surface area contributed by atoms with E-state index in [0.717, 1.165) is 16.7 Å². The Hall–Kier alpha value is -2.21. The van der Waals surface area contributed by atoms with E-state index in [4.69, 9.17) is 0 Å². The monoisotopic (exact) mass is 435 g/mol. The standard InChI is InChI=1S/C25H25NO2S2/c27-24(20-26-16-18-30(28)19-17-26)29-25(21-10-4-1-5-11-21,22-12-6-2-7-13-22)23-14-8-3-9-15-23/h1-15H,16-20H2. The zero-order valence-corrected chi connectivity index (χ0v) is 18.4. The van der Waals surface area contributed by atoms with Crippen LogP contribution in [0.5, 0.6) is 0 Å². The molecule has 0 spiro atoms. The predicted octanol–water partition coefficient (Wildman–Crippen LogP) is 4.30. The maximum Gasteiger partial charge on any atom is 0.204 e. The van der Waals surface area contributed by atoms with E-state index >= 15 is 0 Å². The van der Waals surface area contributed by atoms with E-state index in [1.54, 1.807) is 0 Å². The molecule has 1 aliphatic heterocycles. The van der Waals surface area contributed by atoms with Crippen LogP contribution in [0.2, 0.25) is 0 Å². The van der Waals surface area contributed by atoms with E-state index in [9.17, 15) is 9.00 Å². The minimum absolute atomic E-state index is 0.124. The van der Waals surface area contributed by atoms with Crippen LogP contribution in [0.1, 0.15) is 16.7 Å². The minimum atomic E-state index is -0.744. The molecule has 1 saturated heterocycles. The van der Waals surface area contributed by atoms with E-state index in [0.29, 0.717) is 31.1 Å². The highest BCUT2D eigenvalue weighted by Gasteiger charge is 2.39. The Morgan fingerprint density at radius 1 is 0.767 bits per heavy atom. The molecule has 0 unspecified atom stereocenters. The maximum absolute atomic E-state index is 13.4. The van der Waals surface area contributed by atoms with E-state index < -0.39 is 15.5 Å². The van der Waals surface area contributed by atoms with Crippen LogP contribution in [0.3, 0.4) is 0 Å². The Bertz CT molecular complexity index is 887. The van der Waals surface area contributed by atoms with E-state index in [1.807, 2.05) is 54.6 Å². The van der Waals surface area contributed by atoms with Crippen LogP contribution in [-0.4, -0.2) is 45.4 Å². The molecule has 5 heteroatoms. The molecule has 0 atom stereocenters. The highest BCUT2D eigenvalue weighted by atomic mass is 32.2. The highest BCUT2D eigenvalue weighted by Crippen LogP contribution is 2.48. The van der Waals surface area contributed by atoms with Gasteiger partial charge in [-0.05, 0) is 16.7 Å². The van der Waals surface area contributed by atoms with Gasteiger partial charge >= 0.3 is 0 Å². The lowest BCUT2D eigenvalue weighted by Gasteiger charge is -2.35. The second-order valence-electron chi connectivity index (χ2n) is 7.38. The van der Waals surface area contributed by atoms with Crippen molar-refractivity contribution in [3.63, 3.8) is 0 Å². The van der Waals surface area contributed by atoms with Gasteiger partial charge in [-0.3, -0.25) is 13.9 Å². The molecule has 0 N–H and O–H groups in total. The van der Waals surface area contributed by atoms with Crippen molar-refractivity contribution in [2.45, 2.75) is 4.75 Å². The van der Waals surface area contributed by atoms with Crippen LogP contribution >= 0.6 is 11.8 Å². The first-order valence-electron chi connectivity index (χ1n) is 10.1. The molecule has 30 heavy (non-hydrogen) atoms. The lowest BCUT2D eigenvalue weighted by Crippen LogP contribution is -2.41. The van der Waals surface area contributed by atoms with E-state index in [1.165, 1.54) is 11.8 Å². The fourth-order valence-electron chi connectivity index (χ4n) is 3.91. The summed E-state index contributed by atoms with van der Waals surface area (Å²) < 4.78 is 11.0. The molecule has 3 nitrogen and oxygen atoms in total. The van der Waals surface area contributed by atoms with Gasteiger partial charge in [0.05, 0.1) is 11.3 Å². The molecule has 0 radical (unpaired) electrons. The summed E-state index contributed by atoms with van der Waals surface area (Å²) in [6, 6.07) is 30.8. The van der Waals surface area contributed by atoms with Crippen molar-refractivity contribution >= 4 is 27.7 Å². The topological polar surface area (TPSA) is 37.4 Å². The van der Waals surface area contributed by atoms with Crippen LogP contribution in [0.25, 0.3) is 0 Å². The van der Waals surface area contributed by atoms with Gasteiger partial charge in [0.15, 0.2) is 0 Å². The molecule has 0 aliphatic carbocycles. The zero-order valence-electron chi connectivity index (χ0n) is 16.8. The van der Waals surface area contributed by atoms with Crippen LogP contribution in [0, 0.1) is 0 Å². The van der Waals surface area contributed by atoms with Crippen LogP contribution < -0.4 is 0 Å². The van der Waals surface area contributed by atoms with Crippen molar-refractivity contribution < 1.29 is 9.00 Å². The van der Waals surface area contributed by atoms with Gasteiger partial charge in [-0.25, -0.2) is 0 Å². The third-order valence-corrected chi connectivity index (χ3v) is 8.08. The van der Waals surface area contributed by atoms with Gasteiger partial charge in [0, 0.05) is 35.4 Å².